The molecular weight excluding hydrogens is 433 g/mol. The van der Waals surface area contributed by atoms with Crippen LogP contribution in [0.4, 0.5) is 0 Å². The number of hydrogen-bond donors (Lipinski definition) is 0. The van der Waals surface area contributed by atoms with Crippen molar-refractivity contribution < 1.29 is 0 Å². The normalized spacial score (nSPS) is 11.8. The van der Waals surface area contributed by atoms with Crippen molar-refractivity contribution in [3.8, 4) is 0 Å². The molecule has 0 amide bonds. The van der Waals surface area contributed by atoms with Gasteiger partial charge in [-0.15, -0.1) is 10.2 Å². The van der Waals surface area contributed by atoms with E-state index in [1.54, 1.807) is 32.9 Å². The summed E-state index contributed by atoms with van der Waals surface area (Å²) in [5.41, 5.74) is 0. The quantitative estimate of drug-likeness (QED) is 0.160. The van der Waals surface area contributed by atoms with Crippen LogP contribution in [0.1, 0.15) is 79.1 Å². The second-order valence-corrected chi connectivity index (χ2v) is 12.2. The Morgan fingerprint density at radius 2 is 0.963 bits per heavy atom. The molecule has 0 saturated carbocycles. The zero-order chi connectivity index (χ0) is 19.7. The summed E-state index contributed by atoms with van der Waals surface area (Å²) in [7, 11) is 7.22. The van der Waals surface area contributed by atoms with E-state index in [1.165, 1.54) is 51.4 Å². The summed E-state index contributed by atoms with van der Waals surface area (Å²) in [4.78, 5) is 0. The van der Waals surface area contributed by atoms with Gasteiger partial charge in [0, 0.05) is 26.2 Å². The molecule has 0 unspecified atom stereocenters. The van der Waals surface area contributed by atoms with Crippen molar-refractivity contribution >= 4 is 54.9 Å². The lowest BCUT2D eigenvalue weighted by Gasteiger charge is -2.19. The van der Waals surface area contributed by atoms with E-state index in [1.807, 2.05) is 22.0 Å². The van der Waals surface area contributed by atoms with Crippen LogP contribution >= 0.6 is 54.9 Å². The summed E-state index contributed by atoms with van der Waals surface area (Å²) in [6.45, 7) is 13.7. The first-order valence-corrected chi connectivity index (χ1v) is 15.3. The molecule has 0 N–H and O–H groups in total. The monoisotopic (exact) mass is 468 g/mol. The maximum Gasteiger partial charge on any atom is 0.186 e. The Bertz CT molecular complexity index is 406. The van der Waals surface area contributed by atoms with Gasteiger partial charge in [0.2, 0.25) is 0 Å². The molecule has 1 aromatic rings. The lowest BCUT2D eigenvalue weighted by molar-refractivity contribution is 0.448. The van der Waals surface area contributed by atoms with E-state index in [-0.39, 0.29) is 0 Å². The van der Waals surface area contributed by atoms with Crippen LogP contribution in [0.5, 0.6) is 0 Å². The second-order valence-electron chi connectivity index (χ2n) is 6.42. The van der Waals surface area contributed by atoms with Crippen molar-refractivity contribution in [2.45, 2.75) is 87.7 Å². The van der Waals surface area contributed by atoms with Gasteiger partial charge in [0.1, 0.15) is 0 Å². The molecule has 1 rings (SSSR count). The molecule has 158 valence electrons. The lowest BCUT2D eigenvalue weighted by Crippen LogP contribution is -2.17. The molecule has 0 aliphatic heterocycles. The molecule has 0 saturated heterocycles. The van der Waals surface area contributed by atoms with Gasteiger partial charge in [-0.2, -0.15) is 0 Å². The van der Waals surface area contributed by atoms with Gasteiger partial charge < -0.3 is 0 Å². The molecule has 1 heterocycles. The van der Waals surface area contributed by atoms with Gasteiger partial charge in [-0.05, 0) is 69.2 Å². The Labute approximate surface area is 186 Å². The van der Waals surface area contributed by atoms with Crippen LogP contribution in [0.15, 0.2) is 8.68 Å². The van der Waals surface area contributed by atoms with Crippen molar-refractivity contribution in [2.75, 3.05) is 26.2 Å². The maximum atomic E-state index is 4.38. The van der Waals surface area contributed by atoms with E-state index in [2.05, 4.69) is 46.5 Å². The first kappa shape index (κ1) is 25.9. The Kier molecular flexibility index (Phi) is 17.0. The molecule has 0 spiro atoms. The summed E-state index contributed by atoms with van der Waals surface area (Å²) in [6, 6.07) is 0. The number of unbranched alkanes of at least 4 members (excludes halogenated alkanes) is 4. The van der Waals surface area contributed by atoms with Gasteiger partial charge in [0.05, 0.1) is 0 Å². The van der Waals surface area contributed by atoms with Crippen molar-refractivity contribution in [3.63, 3.8) is 0 Å². The summed E-state index contributed by atoms with van der Waals surface area (Å²) in [6.07, 6.45) is 10.0. The lowest BCUT2D eigenvalue weighted by atomic mass is 10.3. The van der Waals surface area contributed by atoms with Gasteiger partial charge in [-0.3, -0.25) is 0 Å². The third kappa shape index (κ3) is 12.9. The fourth-order valence-electron chi connectivity index (χ4n) is 2.14. The molecule has 0 atom stereocenters. The van der Waals surface area contributed by atoms with Crippen LogP contribution < -0.4 is 0 Å². The van der Waals surface area contributed by atoms with Crippen molar-refractivity contribution in [2.24, 2.45) is 0 Å². The zero-order valence-corrected chi connectivity index (χ0v) is 21.4. The van der Waals surface area contributed by atoms with Crippen molar-refractivity contribution in [3.05, 3.63) is 0 Å². The molecule has 9 heteroatoms. The Balaban J connectivity index is 2.41. The van der Waals surface area contributed by atoms with Gasteiger partial charge >= 0.3 is 0 Å². The summed E-state index contributed by atoms with van der Waals surface area (Å²) < 4.78 is 7.10. The summed E-state index contributed by atoms with van der Waals surface area (Å²) in [5.74, 6) is 0. The average Bonchev–Trinajstić information content (AvgIpc) is 3.14. The maximum absolute atomic E-state index is 4.38. The smallest absolute Gasteiger partial charge is 0.186 e. The van der Waals surface area contributed by atoms with Crippen LogP contribution in [-0.2, 0) is 0 Å². The number of nitrogens with zero attached hydrogens (tertiary/aromatic N) is 4. The third-order valence-corrected chi connectivity index (χ3v) is 10.4. The average molecular weight is 469 g/mol. The first-order chi connectivity index (χ1) is 13.2. The fourth-order valence-corrected chi connectivity index (χ4v) is 7.93. The van der Waals surface area contributed by atoms with E-state index in [0.29, 0.717) is 0 Å². The Morgan fingerprint density at radius 3 is 1.26 bits per heavy atom. The van der Waals surface area contributed by atoms with Gasteiger partial charge in [-0.1, -0.05) is 64.7 Å². The van der Waals surface area contributed by atoms with E-state index >= 15 is 0 Å². The van der Waals surface area contributed by atoms with Crippen LogP contribution in [0.25, 0.3) is 0 Å². The Hall–Kier alpha value is 0.880. The first-order valence-electron chi connectivity index (χ1n) is 10.3. The van der Waals surface area contributed by atoms with Gasteiger partial charge in [0.25, 0.3) is 0 Å². The highest BCUT2D eigenvalue weighted by atomic mass is 33.1. The van der Waals surface area contributed by atoms with Crippen LogP contribution in [-0.4, -0.2) is 45.0 Å². The van der Waals surface area contributed by atoms with Crippen molar-refractivity contribution in [1.82, 2.24) is 18.8 Å². The number of hydrogen-bond acceptors (Lipinski definition) is 9. The SMILES string of the molecule is CCCCN(CCCC)SSc1nnc(SSN(CCCC)CCCC)s1. The standard InChI is InChI=1S/C18H36N4S5/c1-5-9-13-21(14-10-6-2)26-24-17-19-20-18(23-17)25-27-22(15-11-7-3)16-12-8-4/h5-16H2,1-4H3. The zero-order valence-electron chi connectivity index (χ0n) is 17.3. The largest absolute Gasteiger partial charge is 0.241 e. The fraction of sp³-hybridized carbons (Fsp3) is 0.889. The molecule has 0 bridgehead atoms. The molecule has 4 nitrogen and oxygen atoms in total. The summed E-state index contributed by atoms with van der Waals surface area (Å²) in [5, 5.41) is 8.76. The topological polar surface area (TPSA) is 32.3 Å². The number of rotatable bonds is 18. The predicted molar refractivity (Wildman–Crippen MR) is 130 cm³/mol. The van der Waals surface area contributed by atoms with Crippen LogP contribution in [0, 0.1) is 0 Å². The molecule has 0 aromatic carbocycles. The molecule has 0 radical (unpaired) electrons. The van der Waals surface area contributed by atoms with Gasteiger partial charge in [0.15, 0.2) is 8.68 Å². The molecule has 0 aliphatic rings. The third-order valence-electron chi connectivity index (χ3n) is 3.86. The predicted octanol–water partition coefficient (Wildman–Crippen LogP) is 7.65. The minimum Gasteiger partial charge on any atom is -0.241 e. The highest BCUT2D eigenvalue weighted by Gasteiger charge is 2.12. The van der Waals surface area contributed by atoms with E-state index in [9.17, 15) is 0 Å². The Morgan fingerprint density at radius 1 is 0.630 bits per heavy atom. The minimum absolute atomic E-state index is 1.06. The van der Waals surface area contributed by atoms with E-state index < -0.39 is 0 Å². The minimum atomic E-state index is 1.06. The van der Waals surface area contributed by atoms with Crippen LogP contribution in [0.3, 0.4) is 0 Å². The highest BCUT2D eigenvalue weighted by Crippen LogP contribution is 2.41. The van der Waals surface area contributed by atoms with E-state index in [0.717, 1.165) is 34.9 Å². The van der Waals surface area contributed by atoms with Crippen molar-refractivity contribution in [1.29, 1.82) is 0 Å². The molecule has 0 fully saturated rings. The number of aromatic nitrogens is 2. The molecule has 27 heavy (non-hydrogen) atoms. The summed E-state index contributed by atoms with van der Waals surface area (Å²) >= 11 is 1.72. The highest BCUT2D eigenvalue weighted by molar-refractivity contribution is 8.76. The molecule has 0 aliphatic carbocycles. The van der Waals surface area contributed by atoms with Gasteiger partial charge in [-0.25, -0.2) is 8.61 Å². The second kappa shape index (κ2) is 17.7. The molecule has 1 aromatic heterocycles. The van der Waals surface area contributed by atoms with E-state index in [4.69, 9.17) is 0 Å². The molecular formula is C18H36N4S5. The van der Waals surface area contributed by atoms with Crippen LogP contribution in [0.2, 0.25) is 0 Å².